The average molecular weight is 273 g/mol. The van der Waals surface area contributed by atoms with Crippen LogP contribution in [-0.2, 0) is 17.9 Å². The van der Waals surface area contributed by atoms with Crippen LogP contribution >= 0.6 is 0 Å². The Hall–Kier alpha value is -1.71. The maximum absolute atomic E-state index is 12.9. The molecule has 0 heterocycles. The van der Waals surface area contributed by atoms with Crippen molar-refractivity contribution in [3.63, 3.8) is 0 Å². The minimum Gasteiger partial charge on any atom is -0.380 e. The van der Waals surface area contributed by atoms with Gasteiger partial charge in [0.05, 0.1) is 6.61 Å². The lowest BCUT2D eigenvalue weighted by molar-refractivity contribution is 0.185. The Kier molecular flexibility index (Phi) is 5.27. The minimum absolute atomic E-state index is 0.182. The van der Waals surface area contributed by atoms with Crippen molar-refractivity contribution in [1.29, 1.82) is 0 Å². The Morgan fingerprint density at radius 3 is 2.50 bits per heavy atom. The van der Waals surface area contributed by atoms with Crippen LogP contribution in [0.2, 0.25) is 0 Å². The van der Waals surface area contributed by atoms with Gasteiger partial charge in [-0.25, -0.2) is 4.39 Å². The molecule has 0 aliphatic carbocycles. The molecule has 0 aliphatic heterocycles. The SMILES string of the molecule is COCc1cccc(CN[C@H](C)c2ccc(F)cc2)c1. The molecular weight excluding hydrogens is 253 g/mol. The second-order valence-electron chi connectivity index (χ2n) is 4.91. The number of ether oxygens (including phenoxy) is 1. The summed E-state index contributed by atoms with van der Waals surface area (Å²) in [6.07, 6.45) is 0. The zero-order chi connectivity index (χ0) is 14.4. The predicted octanol–water partition coefficient (Wildman–Crippen LogP) is 3.82. The smallest absolute Gasteiger partial charge is 0.123 e. The van der Waals surface area contributed by atoms with Crippen molar-refractivity contribution in [2.24, 2.45) is 0 Å². The first-order valence-corrected chi connectivity index (χ1v) is 6.74. The molecule has 0 spiro atoms. The van der Waals surface area contributed by atoms with Crippen molar-refractivity contribution < 1.29 is 9.13 Å². The number of hydrogen-bond donors (Lipinski definition) is 1. The highest BCUT2D eigenvalue weighted by Crippen LogP contribution is 2.14. The van der Waals surface area contributed by atoms with E-state index in [-0.39, 0.29) is 11.9 Å². The van der Waals surface area contributed by atoms with Crippen LogP contribution in [0.25, 0.3) is 0 Å². The molecule has 2 nitrogen and oxygen atoms in total. The highest BCUT2D eigenvalue weighted by atomic mass is 19.1. The van der Waals surface area contributed by atoms with Crippen LogP contribution in [0.1, 0.15) is 29.7 Å². The second kappa shape index (κ2) is 7.17. The first-order chi connectivity index (χ1) is 9.69. The van der Waals surface area contributed by atoms with Crippen LogP contribution in [0.3, 0.4) is 0 Å². The molecule has 0 radical (unpaired) electrons. The lowest BCUT2D eigenvalue weighted by atomic mass is 10.1. The van der Waals surface area contributed by atoms with Crippen LogP contribution < -0.4 is 5.32 Å². The van der Waals surface area contributed by atoms with Crippen molar-refractivity contribution in [3.8, 4) is 0 Å². The summed E-state index contributed by atoms with van der Waals surface area (Å²) in [6, 6.07) is 15.1. The van der Waals surface area contributed by atoms with Crippen LogP contribution in [0, 0.1) is 5.82 Å². The highest BCUT2D eigenvalue weighted by Gasteiger charge is 2.05. The first kappa shape index (κ1) is 14.7. The van der Waals surface area contributed by atoms with E-state index < -0.39 is 0 Å². The van der Waals surface area contributed by atoms with E-state index in [1.165, 1.54) is 23.3 Å². The summed E-state index contributed by atoms with van der Waals surface area (Å²) in [6.45, 7) is 3.48. The molecule has 106 valence electrons. The fourth-order valence-electron chi connectivity index (χ4n) is 2.14. The maximum atomic E-state index is 12.9. The molecule has 0 aliphatic rings. The van der Waals surface area contributed by atoms with Gasteiger partial charge in [0.2, 0.25) is 0 Å². The van der Waals surface area contributed by atoms with Gasteiger partial charge in [0.25, 0.3) is 0 Å². The van der Waals surface area contributed by atoms with Gasteiger partial charge in [-0.1, -0.05) is 36.4 Å². The maximum Gasteiger partial charge on any atom is 0.123 e. The molecule has 3 heteroatoms. The predicted molar refractivity (Wildman–Crippen MR) is 78.8 cm³/mol. The zero-order valence-electron chi connectivity index (χ0n) is 11.9. The average Bonchev–Trinajstić information content (AvgIpc) is 2.46. The lowest BCUT2D eigenvalue weighted by Crippen LogP contribution is -2.18. The second-order valence-corrected chi connectivity index (χ2v) is 4.91. The van der Waals surface area contributed by atoms with Crippen molar-refractivity contribution in [1.82, 2.24) is 5.32 Å². The summed E-state index contributed by atoms with van der Waals surface area (Å²) in [4.78, 5) is 0. The first-order valence-electron chi connectivity index (χ1n) is 6.74. The molecule has 1 atom stereocenters. The van der Waals surface area contributed by atoms with Crippen molar-refractivity contribution in [3.05, 3.63) is 71.0 Å². The van der Waals surface area contributed by atoms with Crippen molar-refractivity contribution >= 4 is 0 Å². The van der Waals surface area contributed by atoms with E-state index >= 15 is 0 Å². The van der Waals surface area contributed by atoms with E-state index in [0.717, 1.165) is 12.1 Å². The molecule has 2 rings (SSSR count). The molecule has 0 saturated carbocycles. The minimum atomic E-state index is -0.201. The fraction of sp³-hybridized carbons (Fsp3) is 0.294. The summed E-state index contributed by atoms with van der Waals surface area (Å²) in [7, 11) is 1.70. The fourth-order valence-corrected chi connectivity index (χ4v) is 2.14. The summed E-state index contributed by atoms with van der Waals surface area (Å²) in [5, 5.41) is 3.44. The van der Waals surface area contributed by atoms with Crippen LogP contribution in [0.4, 0.5) is 4.39 Å². The third-order valence-corrected chi connectivity index (χ3v) is 3.28. The van der Waals surface area contributed by atoms with Crippen molar-refractivity contribution in [2.45, 2.75) is 26.1 Å². The summed E-state index contributed by atoms with van der Waals surface area (Å²) in [5.74, 6) is -0.201. The number of rotatable bonds is 6. The molecule has 2 aromatic rings. The third-order valence-electron chi connectivity index (χ3n) is 3.28. The van der Waals surface area contributed by atoms with Crippen LogP contribution in [-0.4, -0.2) is 7.11 Å². The van der Waals surface area contributed by atoms with E-state index in [2.05, 4.69) is 30.4 Å². The largest absolute Gasteiger partial charge is 0.380 e. The molecule has 1 N–H and O–H groups in total. The van der Waals surface area contributed by atoms with Gasteiger partial charge in [0, 0.05) is 19.7 Å². The lowest BCUT2D eigenvalue weighted by Gasteiger charge is -2.14. The summed E-state index contributed by atoms with van der Waals surface area (Å²) >= 11 is 0. The van der Waals surface area contributed by atoms with Gasteiger partial charge in [-0.3, -0.25) is 0 Å². The highest BCUT2D eigenvalue weighted by molar-refractivity contribution is 5.24. The Bertz CT molecular complexity index is 539. The molecule has 20 heavy (non-hydrogen) atoms. The van der Waals surface area contributed by atoms with Gasteiger partial charge in [-0.15, -0.1) is 0 Å². The van der Waals surface area contributed by atoms with Gasteiger partial charge in [0.1, 0.15) is 5.82 Å². The molecular formula is C17H20FNO. The summed E-state index contributed by atoms with van der Waals surface area (Å²) in [5.41, 5.74) is 3.47. The van der Waals surface area contributed by atoms with Gasteiger partial charge >= 0.3 is 0 Å². The molecule has 0 amide bonds. The standard InChI is InChI=1S/C17H20FNO/c1-13(16-6-8-17(18)9-7-16)19-11-14-4-3-5-15(10-14)12-20-2/h3-10,13,19H,11-12H2,1-2H3/t13-/m1/s1. The molecule has 0 aromatic heterocycles. The number of methoxy groups -OCH3 is 1. The summed E-state index contributed by atoms with van der Waals surface area (Å²) < 4.78 is 18.0. The quantitative estimate of drug-likeness (QED) is 0.864. The number of halogens is 1. The van der Waals surface area contributed by atoms with E-state index in [9.17, 15) is 4.39 Å². The van der Waals surface area contributed by atoms with E-state index in [1.54, 1.807) is 7.11 Å². The van der Waals surface area contributed by atoms with Gasteiger partial charge < -0.3 is 10.1 Å². The monoisotopic (exact) mass is 273 g/mol. The van der Waals surface area contributed by atoms with Gasteiger partial charge in [0.15, 0.2) is 0 Å². The van der Waals surface area contributed by atoms with Crippen LogP contribution in [0.5, 0.6) is 0 Å². The topological polar surface area (TPSA) is 21.3 Å². The zero-order valence-corrected chi connectivity index (χ0v) is 11.9. The molecule has 0 unspecified atom stereocenters. The molecule has 0 saturated heterocycles. The number of hydrogen-bond acceptors (Lipinski definition) is 2. The molecule has 0 fully saturated rings. The molecule has 0 bridgehead atoms. The normalized spacial score (nSPS) is 12.3. The third kappa shape index (κ3) is 4.15. The Labute approximate surface area is 119 Å². The van der Waals surface area contributed by atoms with E-state index in [4.69, 9.17) is 4.74 Å². The Morgan fingerprint density at radius 2 is 1.80 bits per heavy atom. The Morgan fingerprint density at radius 1 is 1.10 bits per heavy atom. The van der Waals surface area contributed by atoms with Gasteiger partial charge in [-0.2, -0.15) is 0 Å². The van der Waals surface area contributed by atoms with E-state index in [1.807, 2.05) is 18.2 Å². The van der Waals surface area contributed by atoms with Gasteiger partial charge in [-0.05, 0) is 35.7 Å². The Balaban J connectivity index is 1.94. The van der Waals surface area contributed by atoms with E-state index in [0.29, 0.717) is 6.61 Å². The number of nitrogens with one attached hydrogen (secondary N) is 1. The van der Waals surface area contributed by atoms with Crippen molar-refractivity contribution in [2.75, 3.05) is 7.11 Å². The number of benzene rings is 2. The van der Waals surface area contributed by atoms with Crippen LogP contribution in [0.15, 0.2) is 48.5 Å². The molecule has 2 aromatic carbocycles.